The molecule has 2 heterocycles. The molecule has 3 heteroatoms. The first kappa shape index (κ1) is 14.0. The smallest absolute Gasteiger partial charge is 0.123 e. The van der Waals surface area contributed by atoms with Crippen LogP contribution in [0.5, 0.6) is 0 Å². The molecule has 110 valence electrons. The Hall–Kier alpha value is -0.960. The lowest BCUT2D eigenvalue weighted by Crippen LogP contribution is -2.47. The maximum atomic E-state index is 14.4. The molecule has 0 N–H and O–H groups in total. The first-order chi connectivity index (χ1) is 9.61. The Morgan fingerprint density at radius 1 is 1.20 bits per heavy atom. The molecular formula is C17H23F2N. The molecule has 0 aromatic heterocycles. The second-order valence-electron chi connectivity index (χ2n) is 6.41. The van der Waals surface area contributed by atoms with Crippen molar-refractivity contribution < 1.29 is 8.78 Å². The molecule has 1 nitrogen and oxygen atoms in total. The molecular weight excluding hydrogens is 256 g/mol. The normalized spacial score (nSPS) is 37.3. The van der Waals surface area contributed by atoms with Gasteiger partial charge in [0.05, 0.1) is 0 Å². The van der Waals surface area contributed by atoms with Crippen molar-refractivity contribution in [1.29, 1.82) is 0 Å². The first-order valence-corrected chi connectivity index (χ1v) is 7.73. The maximum Gasteiger partial charge on any atom is 0.123 e. The van der Waals surface area contributed by atoms with E-state index in [-0.39, 0.29) is 11.9 Å². The summed E-state index contributed by atoms with van der Waals surface area (Å²) in [6.07, 6.45) is 3.09. The summed E-state index contributed by atoms with van der Waals surface area (Å²) in [6.45, 7) is 2.16. The Bertz CT molecular complexity index is 459. The number of alkyl halides is 1. The second-order valence-corrected chi connectivity index (χ2v) is 6.41. The molecule has 1 aromatic rings. The fraction of sp³-hybridized carbons (Fsp3) is 0.647. The molecule has 3 rings (SSSR count). The fourth-order valence-corrected chi connectivity index (χ4v) is 4.40. The highest BCUT2D eigenvalue weighted by Crippen LogP contribution is 2.48. The Kier molecular flexibility index (Phi) is 3.80. The van der Waals surface area contributed by atoms with Gasteiger partial charge in [-0.2, -0.15) is 0 Å². The fourth-order valence-electron chi connectivity index (χ4n) is 4.40. The van der Waals surface area contributed by atoms with E-state index in [0.717, 1.165) is 19.3 Å². The number of fused-ring (bicyclic) bond motifs is 2. The van der Waals surface area contributed by atoms with E-state index in [1.165, 1.54) is 17.7 Å². The molecule has 0 saturated carbocycles. The van der Waals surface area contributed by atoms with Crippen molar-refractivity contribution >= 4 is 0 Å². The molecule has 2 aliphatic heterocycles. The molecule has 2 bridgehead atoms. The van der Waals surface area contributed by atoms with Crippen LogP contribution >= 0.6 is 0 Å². The van der Waals surface area contributed by atoms with Crippen molar-refractivity contribution in [2.24, 2.45) is 5.92 Å². The lowest BCUT2D eigenvalue weighted by Gasteiger charge is -2.43. The van der Waals surface area contributed by atoms with Crippen LogP contribution in [0.2, 0.25) is 0 Å². The van der Waals surface area contributed by atoms with Gasteiger partial charge in [-0.05, 0) is 55.8 Å². The van der Waals surface area contributed by atoms with Gasteiger partial charge in [-0.1, -0.05) is 25.5 Å². The lowest BCUT2D eigenvalue weighted by molar-refractivity contribution is 0.0705. The van der Waals surface area contributed by atoms with Crippen LogP contribution in [0.15, 0.2) is 24.3 Å². The van der Waals surface area contributed by atoms with Crippen LogP contribution in [0, 0.1) is 11.7 Å². The van der Waals surface area contributed by atoms with Gasteiger partial charge in [0.15, 0.2) is 0 Å². The molecule has 1 aromatic carbocycles. The molecule has 2 saturated heterocycles. The highest BCUT2D eigenvalue weighted by Gasteiger charge is 2.50. The average molecular weight is 279 g/mol. The number of piperidine rings is 1. The zero-order valence-electron chi connectivity index (χ0n) is 12.2. The van der Waals surface area contributed by atoms with Crippen molar-refractivity contribution in [3.63, 3.8) is 0 Å². The highest BCUT2D eigenvalue weighted by atomic mass is 19.1. The molecule has 2 fully saturated rings. The monoisotopic (exact) mass is 279 g/mol. The summed E-state index contributed by atoms with van der Waals surface area (Å²) in [7, 11) is 2.07. The van der Waals surface area contributed by atoms with E-state index in [9.17, 15) is 8.78 Å². The van der Waals surface area contributed by atoms with Crippen molar-refractivity contribution in [1.82, 2.24) is 4.90 Å². The molecule has 0 aliphatic carbocycles. The van der Waals surface area contributed by atoms with E-state index in [0.29, 0.717) is 24.3 Å². The predicted octanol–water partition coefficient (Wildman–Crippen LogP) is 4.14. The SMILES string of the molecule is CCC[C@@H]1[C@H]2[C@@H](F)C[C@@H](C[C@H]1c1ccc(F)cc1)N2C. The number of nitrogens with zero attached hydrogens (tertiary/aromatic N) is 1. The van der Waals surface area contributed by atoms with Gasteiger partial charge < -0.3 is 0 Å². The quantitative estimate of drug-likeness (QED) is 0.803. The summed E-state index contributed by atoms with van der Waals surface area (Å²) < 4.78 is 27.5. The lowest BCUT2D eigenvalue weighted by atomic mass is 9.74. The molecule has 0 spiro atoms. The Morgan fingerprint density at radius 2 is 1.90 bits per heavy atom. The summed E-state index contributed by atoms with van der Waals surface area (Å²) in [5.41, 5.74) is 1.18. The number of hydrogen-bond acceptors (Lipinski definition) is 1. The van der Waals surface area contributed by atoms with Crippen LogP contribution in [-0.4, -0.2) is 30.2 Å². The van der Waals surface area contributed by atoms with Crippen LogP contribution in [0.3, 0.4) is 0 Å². The van der Waals surface area contributed by atoms with Gasteiger partial charge in [0, 0.05) is 12.1 Å². The molecule has 0 radical (unpaired) electrons. The van der Waals surface area contributed by atoms with Crippen LogP contribution in [0.4, 0.5) is 8.78 Å². The summed E-state index contributed by atoms with van der Waals surface area (Å²) in [5.74, 6) is 0.534. The highest BCUT2D eigenvalue weighted by molar-refractivity contribution is 5.24. The van der Waals surface area contributed by atoms with Gasteiger partial charge in [0.2, 0.25) is 0 Å². The third-order valence-electron chi connectivity index (χ3n) is 5.32. The molecule has 5 atom stereocenters. The maximum absolute atomic E-state index is 14.4. The van der Waals surface area contributed by atoms with Crippen molar-refractivity contribution in [2.45, 2.75) is 56.8 Å². The minimum Gasteiger partial charge on any atom is -0.297 e. The molecule has 20 heavy (non-hydrogen) atoms. The summed E-state index contributed by atoms with van der Waals surface area (Å²) >= 11 is 0. The Morgan fingerprint density at radius 3 is 2.55 bits per heavy atom. The Balaban J connectivity index is 1.91. The standard InChI is InChI=1S/C17H23F2N/c1-3-4-14-15(11-5-7-12(18)8-6-11)9-13-10-16(19)17(14)20(13)2/h5-8,13-17H,3-4,9-10H2,1-2H3/t13-,14+,15+,16+,17+/m1/s1. The van der Waals surface area contributed by atoms with Crippen LogP contribution in [-0.2, 0) is 0 Å². The zero-order valence-corrected chi connectivity index (χ0v) is 12.2. The van der Waals surface area contributed by atoms with Gasteiger partial charge >= 0.3 is 0 Å². The largest absolute Gasteiger partial charge is 0.297 e. The van der Waals surface area contributed by atoms with Gasteiger partial charge in [-0.25, -0.2) is 8.78 Å². The topological polar surface area (TPSA) is 3.24 Å². The molecule has 0 amide bonds. The average Bonchev–Trinajstić information content (AvgIpc) is 2.61. The van der Waals surface area contributed by atoms with Gasteiger partial charge in [0.25, 0.3) is 0 Å². The predicted molar refractivity (Wildman–Crippen MR) is 77.0 cm³/mol. The summed E-state index contributed by atoms with van der Waals surface area (Å²) in [6, 6.07) is 7.24. The number of rotatable bonds is 3. The number of hydrogen-bond donors (Lipinski definition) is 0. The number of halogens is 2. The minimum absolute atomic E-state index is 0.0451. The van der Waals surface area contributed by atoms with E-state index in [2.05, 4.69) is 18.9 Å². The molecule has 0 unspecified atom stereocenters. The zero-order chi connectivity index (χ0) is 14.3. The van der Waals surface area contributed by atoms with Crippen LogP contribution < -0.4 is 0 Å². The molecule has 2 aliphatic rings. The van der Waals surface area contributed by atoms with E-state index in [4.69, 9.17) is 0 Å². The minimum atomic E-state index is -0.702. The van der Waals surface area contributed by atoms with Gasteiger partial charge in [0.1, 0.15) is 12.0 Å². The van der Waals surface area contributed by atoms with Crippen LogP contribution in [0.25, 0.3) is 0 Å². The third-order valence-corrected chi connectivity index (χ3v) is 5.32. The first-order valence-electron chi connectivity index (χ1n) is 7.73. The van der Waals surface area contributed by atoms with Crippen molar-refractivity contribution in [3.05, 3.63) is 35.6 Å². The van der Waals surface area contributed by atoms with Crippen molar-refractivity contribution in [2.75, 3.05) is 7.05 Å². The van der Waals surface area contributed by atoms with E-state index < -0.39 is 6.17 Å². The van der Waals surface area contributed by atoms with E-state index >= 15 is 0 Å². The van der Waals surface area contributed by atoms with Crippen LogP contribution in [0.1, 0.15) is 44.1 Å². The summed E-state index contributed by atoms with van der Waals surface area (Å²) in [4.78, 5) is 2.25. The van der Waals surface area contributed by atoms with Gasteiger partial charge in [-0.3, -0.25) is 4.90 Å². The third kappa shape index (κ3) is 2.26. The van der Waals surface area contributed by atoms with Gasteiger partial charge in [-0.15, -0.1) is 0 Å². The Labute approximate surface area is 120 Å². The van der Waals surface area contributed by atoms with Crippen molar-refractivity contribution in [3.8, 4) is 0 Å². The summed E-state index contributed by atoms with van der Waals surface area (Å²) in [5, 5.41) is 0. The van der Waals surface area contributed by atoms with E-state index in [1.807, 2.05) is 12.1 Å². The number of benzene rings is 1. The van der Waals surface area contributed by atoms with E-state index in [1.54, 1.807) is 0 Å². The second kappa shape index (κ2) is 5.44.